The van der Waals surface area contributed by atoms with Crippen molar-refractivity contribution in [2.75, 3.05) is 7.11 Å². The molecule has 90 valence electrons. The van der Waals surface area contributed by atoms with Crippen molar-refractivity contribution in [1.29, 1.82) is 0 Å². The third kappa shape index (κ3) is 3.35. The minimum atomic E-state index is -1.29. The van der Waals surface area contributed by atoms with Crippen LogP contribution in [0.4, 0.5) is 0 Å². The van der Waals surface area contributed by atoms with E-state index in [4.69, 9.17) is 9.47 Å². The molecule has 2 atom stereocenters. The Labute approximate surface area is 104 Å². The lowest BCUT2D eigenvalue weighted by Crippen LogP contribution is -2.16. The van der Waals surface area contributed by atoms with Crippen molar-refractivity contribution in [1.82, 2.24) is 0 Å². The first-order chi connectivity index (χ1) is 7.99. The van der Waals surface area contributed by atoms with Gasteiger partial charge in [-0.25, -0.2) is 0 Å². The van der Waals surface area contributed by atoms with Crippen LogP contribution in [0.25, 0.3) is 0 Å². The van der Waals surface area contributed by atoms with Gasteiger partial charge in [-0.2, -0.15) is 0 Å². The Balaban J connectivity index is 2.00. The molecule has 0 bridgehead atoms. The molecule has 0 spiro atoms. The van der Waals surface area contributed by atoms with E-state index in [1.807, 2.05) is 24.3 Å². The van der Waals surface area contributed by atoms with Crippen LogP contribution >= 0.6 is 0 Å². The molecule has 1 aliphatic heterocycles. The summed E-state index contributed by atoms with van der Waals surface area (Å²) in [6, 6.07) is 8.00. The first kappa shape index (κ1) is 12.2. The van der Waals surface area contributed by atoms with Gasteiger partial charge in [-0.05, 0) is 17.7 Å². The first-order valence-corrected chi connectivity index (χ1v) is 9.32. The number of methoxy groups -OCH3 is 1. The highest BCUT2D eigenvalue weighted by Crippen LogP contribution is 2.38. The Kier molecular flexibility index (Phi) is 3.28. The molecular formula is C14H18O2Si. The fourth-order valence-corrected chi connectivity index (χ4v) is 2.13. The average Bonchev–Trinajstić information content (AvgIpc) is 3.05. The lowest BCUT2D eigenvalue weighted by Gasteiger charge is -2.02. The van der Waals surface area contributed by atoms with Gasteiger partial charge < -0.3 is 9.47 Å². The van der Waals surface area contributed by atoms with Gasteiger partial charge >= 0.3 is 0 Å². The van der Waals surface area contributed by atoms with Gasteiger partial charge in [0, 0.05) is 0 Å². The fraction of sp³-hybridized carbons (Fsp3) is 0.429. The topological polar surface area (TPSA) is 21.8 Å². The average molecular weight is 246 g/mol. The summed E-state index contributed by atoms with van der Waals surface area (Å²) < 4.78 is 10.7. The van der Waals surface area contributed by atoms with E-state index in [1.54, 1.807) is 7.11 Å². The van der Waals surface area contributed by atoms with E-state index in [0.717, 1.165) is 5.75 Å². The molecule has 0 radical (unpaired) electrons. The second kappa shape index (κ2) is 4.56. The minimum Gasteiger partial charge on any atom is -0.497 e. The fourth-order valence-electron chi connectivity index (χ4n) is 1.56. The predicted molar refractivity (Wildman–Crippen MR) is 71.7 cm³/mol. The number of benzene rings is 1. The van der Waals surface area contributed by atoms with Crippen LogP contribution in [0.3, 0.4) is 0 Å². The first-order valence-electron chi connectivity index (χ1n) is 5.82. The monoisotopic (exact) mass is 246 g/mol. The maximum absolute atomic E-state index is 5.58. The molecule has 2 nitrogen and oxygen atoms in total. The summed E-state index contributed by atoms with van der Waals surface area (Å²) in [5.41, 5.74) is 4.53. The molecule has 0 aromatic heterocycles. The van der Waals surface area contributed by atoms with E-state index in [-0.39, 0.29) is 12.2 Å². The zero-order valence-electron chi connectivity index (χ0n) is 10.8. The van der Waals surface area contributed by atoms with Crippen molar-refractivity contribution in [3.63, 3.8) is 0 Å². The van der Waals surface area contributed by atoms with Crippen LogP contribution in [-0.2, 0) is 4.74 Å². The Bertz CT molecular complexity index is 448. The van der Waals surface area contributed by atoms with E-state index in [2.05, 4.69) is 31.1 Å². The van der Waals surface area contributed by atoms with Gasteiger partial charge in [-0.3, -0.25) is 0 Å². The zero-order valence-corrected chi connectivity index (χ0v) is 11.8. The van der Waals surface area contributed by atoms with Crippen LogP contribution < -0.4 is 4.74 Å². The lowest BCUT2D eigenvalue weighted by molar-refractivity contribution is 0.396. The smallest absolute Gasteiger partial charge is 0.148 e. The van der Waals surface area contributed by atoms with Crippen molar-refractivity contribution in [2.45, 2.75) is 31.8 Å². The number of hydrogen-bond donors (Lipinski definition) is 0. The summed E-state index contributed by atoms with van der Waals surface area (Å²) in [5, 5.41) is 0. The second-order valence-electron chi connectivity index (χ2n) is 5.27. The summed E-state index contributed by atoms with van der Waals surface area (Å²) in [4.78, 5) is 0. The Hall–Kier alpha value is -1.24. The normalized spacial score (nSPS) is 22.6. The molecule has 2 rings (SSSR count). The lowest BCUT2D eigenvalue weighted by atomic mass is 10.1. The van der Waals surface area contributed by atoms with Gasteiger partial charge in [0.05, 0.1) is 7.11 Å². The molecule has 0 saturated carbocycles. The molecule has 17 heavy (non-hydrogen) atoms. The standard InChI is InChI=1S/C14H18O2Si/c1-15-12-7-5-11(6-8-12)14-13(16-14)9-10-17(2,3)4/h5-8,13-14H,1-4H3/t13-,14+/m1/s1. The molecule has 0 amide bonds. The highest BCUT2D eigenvalue weighted by molar-refractivity contribution is 6.83. The number of rotatable bonds is 2. The zero-order chi connectivity index (χ0) is 12.5. The minimum absolute atomic E-state index is 0.0927. The van der Waals surface area contributed by atoms with Crippen molar-refractivity contribution in [2.24, 2.45) is 0 Å². The maximum atomic E-state index is 5.58. The summed E-state index contributed by atoms with van der Waals surface area (Å²) in [6.07, 6.45) is 0.250. The summed E-state index contributed by atoms with van der Waals surface area (Å²) in [6.45, 7) is 6.72. The second-order valence-corrected chi connectivity index (χ2v) is 10.0. The van der Waals surface area contributed by atoms with Crippen LogP contribution in [0.2, 0.25) is 19.6 Å². The van der Waals surface area contributed by atoms with Crippen LogP contribution in [-0.4, -0.2) is 21.3 Å². The van der Waals surface area contributed by atoms with Crippen LogP contribution in [0.5, 0.6) is 5.75 Å². The van der Waals surface area contributed by atoms with Gasteiger partial charge in [-0.15, -0.1) is 5.54 Å². The highest BCUT2D eigenvalue weighted by atomic mass is 28.3. The maximum Gasteiger partial charge on any atom is 0.148 e. The van der Waals surface area contributed by atoms with Gasteiger partial charge in [0.1, 0.15) is 26.0 Å². The van der Waals surface area contributed by atoms with Crippen LogP contribution in [0.15, 0.2) is 24.3 Å². The van der Waals surface area contributed by atoms with Crippen molar-refractivity contribution in [3.8, 4) is 17.2 Å². The summed E-state index contributed by atoms with van der Waals surface area (Å²) in [5.74, 6) is 4.11. The molecule has 1 aliphatic rings. The molecule has 0 aliphatic carbocycles. The summed E-state index contributed by atoms with van der Waals surface area (Å²) in [7, 11) is 0.385. The van der Waals surface area contributed by atoms with Gasteiger partial charge in [0.25, 0.3) is 0 Å². The Morgan fingerprint density at radius 3 is 2.35 bits per heavy atom. The van der Waals surface area contributed by atoms with Gasteiger partial charge in [0.15, 0.2) is 0 Å². The number of hydrogen-bond acceptors (Lipinski definition) is 2. The molecule has 3 heteroatoms. The van der Waals surface area contributed by atoms with E-state index in [1.165, 1.54) is 5.56 Å². The quantitative estimate of drug-likeness (QED) is 0.454. The van der Waals surface area contributed by atoms with Crippen molar-refractivity contribution >= 4 is 8.07 Å². The predicted octanol–water partition coefficient (Wildman–Crippen LogP) is 3.02. The number of epoxide rings is 1. The highest BCUT2D eigenvalue weighted by Gasteiger charge is 2.38. The van der Waals surface area contributed by atoms with E-state index >= 15 is 0 Å². The molecule has 1 aromatic rings. The third-order valence-electron chi connectivity index (χ3n) is 2.53. The molecule has 1 fully saturated rings. The van der Waals surface area contributed by atoms with Crippen molar-refractivity contribution < 1.29 is 9.47 Å². The SMILES string of the molecule is COc1ccc([C@@H]2O[C@@H]2C#C[Si](C)(C)C)cc1. The van der Waals surface area contributed by atoms with Gasteiger partial charge in [0.2, 0.25) is 0 Å². The molecule has 0 N–H and O–H groups in total. The van der Waals surface area contributed by atoms with Crippen LogP contribution in [0, 0.1) is 11.5 Å². The van der Waals surface area contributed by atoms with Crippen LogP contribution in [0.1, 0.15) is 11.7 Å². The molecule has 0 unspecified atom stereocenters. The Morgan fingerprint density at radius 2 is 1.82 bits per heavy atom. The molecule has 1 saturated heterocycles. The molecule has 1 aromatic carbocycles. The van der Waals surface area contributed by atoms with E-state index in [9.17, 15) is 0 Å². The van der Waals surface area contributed by atoms with E-state index < -0.39 is 8.07 Å². The third-order valence-corrected chi connectivity index (χ3v) is 3.42. The van der Waals surface area contributed by atoms with E-state index in [0.29, 0.717) is 0 Å². The molecule has 1 heterocycles. The van der Waals surface area contributed by atoms with Gasteiger partial charge in [-0.1, -0.05) is 37.7 Å². The summed E-state index contributed by atoms with van der Waals surface area (Å²) >= 11 is 0. The molecular weight excluding hydrogens is 228 g/mol. The largest absolute Gasteiger partial charge is 0.497 e. The van der Waals surface area contributed by atoms with Crippen molar-refractivity contribution in [3.05, 3.63) is 29.8 Å². The number of ether oxygens (including phenoxy) is 2. The Morgan fingerprint density at radius 1 is 1.18 bits per heavy atom.